The van der Waals surface area contributed by atoms with Crippen LogP contribution in [0.25, 0.3) is 0 Å². The zero-order valence-corrected chi connectivity index (χ0v) is 8.39. The second-order valence-corrected chi connectivity index (χ2v) is 4.14. The molecule has 1 N–H and O–H groups in total. The Hall–Kier alpha value is -1.20. The van der Waals surface area contributed by atoms with Gasteiger partial charge in [0.1, 0.15) is 6.42 Å². The highest BCUT2D eigenvalue weighted by atomic mass is 35.5. The molecular weight excluding hydrogens is 228 g/mol. The van der Waals surface area contributed by atoms with Gasteiger partial charge in [0, 0.05) is 0 Å². The molecular formula is C8H5ClO4S. The van der Waals surface area contributed by atoms with Crippen LogP contribution in [0.5, 0.6) is 0 Å². The maximum Gasteiger partial charge on any atom is 0.311 e. The summed E-state index contributed by atoms with van der Waals surface area (Å²) < 4.78 is 0.386. The molecule has 1 rings (SSSR count). The number of carboxylic acid groups (broad SMARTS) is 1. The highest BCUT2D eigenvalue weighted by Crippen LogP contribution is 2.22. The zero-order chi connectivity index (χ0) is 10.7. The first-order chi connectivity index (χ1) is 6.50. The molecule has 0 amide bonds. The topological polar surface area (TPSA) is 71.4 Å². The Morgan fingerprint density at radius 2 is 2.00 bits per heavy atom. The number of halogens is 1. The van der Waals surface area contributed by atoms with E-state index in [2.05, 4.69) is 0 Å². The highest BCUT2D eigenvalue weighted by Gasteiger charge is 2.20. The Labute approximate surface area is 88.1 Å². The van der Waals surface area contributed by atoms with Gasteiger partial charge in [-0.3, -0.25) is 14.4 Å². The van der Waals surface area contributed by atoms with Crippen molar-refractivity contribution in [2.24, 2.45) is 0 Å². The Bertz CT molecular complexity index is 396. The SMILES string of the molecule is O=C(O)CC(=O)C(=O)c1ccc(Cl)s1. The van der Waals surface area contributed by atoms with E-state index in [0.717, 1.165) is 11.3 Å². The molecule has 1 heterocycles. The fourth-order valence-electron chi connectivity index (χ4n) is 0.791. The summed E-state index contributed by atoms with van der Waals surface area (Å²) in [5.74, 6) is -3.05. The van der Waals surface area contributed by atoms with E-state index in [4.69, 9.17) is 16.7 Å². The van der Waals surface area contributed by atoms with E-state index >= 15 is 0 Å². The van der Waals surface area contributed by atoms with E-state index in [-0.39, 0.29) is 4.88 Å². The molecule has 0 aromatic carbocycles. The van der Waals surface area contributed by atoms with Crippen LogP contribution in [0.3, 0.4) is 0 Å². The number of thiophene rings is 1. The summed E-state index contributed by atoms with van der Waals surface area (Å²) in [6.45, 7) is 0. The summed E-state index contributed by atoms with van der Waals surface area (Å²) in [4.78, 5) is 32.6. The van der Waals surface area contributed by atoms with Crippen LogP contribution in [0.1, 0.15) is 16.1 Å². The molecule has 0 aliphatic heterocycles. The van der Waals surface area contributed by atoms with Crippen LogP contribution in [-0.2, 0) is 9.59 Å². The van der Waals surface area contributed by atoms with Crippen LogP contribution in [0, 0.1) is 0 Å². The zero-order valence-electron chi connectivity index (χ0n) is 6.82. The van der Waals surface area contributed by atoms with Crippen molar-refractivity contribution in [3.63, 3.8) is 0 Å². The van der Waals surface area contributed by atoms with Gasteiger partial charge in [-0.15, -0.1) is 11.3 Å². The first-order valence-electron chi connectivity index (χ1n) is 3.55. The average Bonchev–Trinajstić information content (AvgIpc) is 2.49. The number of hydrogen-bond acceptors (Lipinski definition) is 4. The van der Waals surface area contributed by atoms with E-state index in [1.807, 2.05) is 0 Å². The summed E-state index contributed by atoms with van der Waals surface area (Å²) in [7, 11) is 0. The summed E-state index contributed by atoms with van der Waals surface area (Å²) in [6.07, 6.45) is -0.783. The molecule has 74 valence electrons. The molecule has 1 aromatic heterocycles. The Morgan fingerprint density at radius 1 is 1.36 bits per heavy atom. The third-order valence-corrected chi connectivity index (χ3v) is 2.59. The minimum absolute atomic E-state index is 0.168. The number of Topliss-reactive ketones (excluding diaryl/α,β-unsaturated/α-hetero) is 2. The lowest BCUT2D eigenvalue weighted by atomic mass is 10.2. The van der Waals surface area contributed by atoms with Crippen molar-refractivity contribution in [2.45, 2.75) is 6.42 Å². The number of rotatable bonds is 4. The Balaban J connectivity index is 2.76. The van der Waals surface area contributed by atoms with Crippen molar-refractivity contribution in [1.82, 2.24) is 0 Å². The monoisotopic (exact) mass is 232 g/mol. The van der Waals surface area contributed by atoms with Crippen LogP contribution in [0.15, 0.2) is 12.1 Å². The first-order valence-corrected chi connectivity index (χ1v) is 4.75. The number of hydrogen-bond donors (Lipinski definition) is 1. The van der Waals surface area contributed by atoms with Crippen LogP contribution in [0.2, 0.25) is 4.34 Å². The molecule has 0 atom stereocenters. The highest BCUT2D eigenvalue weighted by molar-refractivity contribution is 7.18. The molecule has 14 heavy (non-hydrogen) atoms. The predicted molar refractivity (Wildman–Crippen MR) is 50.9 cm³/mol. The first kappa shape index (κ1) is 10.9. The largest absolute Gasteiger partial charge is 0.481 e. The van der Waals surface area contributed by atoms with Gasteiger partial charge in [0.05, 0.1) is 9.21 Å². The van der Waals surface area contributed by atoms with Gasteiger partial charge in [-0.2, -0.15) is 0 Å². The molecule has 0 saturated heterocycles. The van der Waals surface area contributed by atoms with Gasteiger partial charge >= 0.3 is 5.97 Å². The van der Waals surface area contributed by atoms with Gasteiger partial charge < -0.3 is 5.11 Å². The summed E-state index contributed by atoms with van der Waals surface area (Å²) in [5.41, 5.74) is 0. The van der Waals surface area contributed by atoms with E-state index in [9.17, 15) is 14.4 Å². The van der Waals surface area contributed by atoms with Gasteiger partial charge in [0.25, 0.3) is 0 Å². The number of ketones is 2. The summed E-state index contributed by atoms with van der Waals surface area (Å²) >= 11 is 6.51. The summed E-state index contributed by atoms with van der Waals surface area (Å²) in [6, 6.07) is 2.88. The number of aliphatic carboxylic acids is 1. The molecule has 0 aliphatic rings. The number of carbonyl (C=O) groups is 3. The fraction of sp³-hybridized carbons (Fsp3) is 0.125. The van der Waals surface area contributed by atoms with Crippen molar-refractivity contribution in [2.75, 3.05) is 0 Å². The van der Waals surface area contributed by atoms with Crippen LogP contribution in [0.4, 0.5) is 0 Å². The third-order valence-electron chi connectivity index (χ3n) is 1.36. The normalized spacial score (nSPS) is 9.79. The van der Waals surface area contributed by atoms with Gasteiger partial charge in [-0.1, -0.05) is 11.6 Å². The van der Waals surface area contributed by atoms with Gasteiger partial charge in [0.15, 0.2) is 0 Å². The maximum absolute atomic E-state index is 11.2. The van der Waals surface area contributed by atoms with Gasteiger partial charge in [0.2, 0.25) is 11.6 Å². The maximum atomic E-state index is 11.2. The lowest BCUT2D eigenvalue weighted by molar-refractivity contribution is -0.139. The lowest BCUT2D eigenvalue weighted by Crippen LogP contribution is -2.16. The molecule has 0 aliphatic carbocycles. The minimum atomic E-state index is -1.31. The average molecular weight is 233 g/mol. The summed E-state index contributed by atoms with van der Waals surface area (Å²) in [5, 5.41) is 8.29. The molecule has 1 aromatic rings. The van der Waals surface area contributed by atoms with Crippen molar-refractivity contribution < 1.29 is 19.5 Å². The molecule has 0 fully saturated rings. The molecule has 0 radical (unpaired) electrons. The van der Waals surface area contributed by atoms with E-state index < -0.39 is 24.0 Å². The molecule has 0 spiro atoms. The van der Waals surface area contributed by atoms with Crippen molar-refractivity contribution in [3.05, 3.63) is 21.3 Å². The van der Waals surface area contributed by atoms with Crippen molar-refractivity contribution in [1.29, 1.82) is 0 Å². The second-order valence-electron chi connectivity index (χ2n) is 2.43. The van der Waals surface area contributed by atoms with E-state index in [1.54, 1.807) is 0 Å². The van der Waals surface area contributed by atoms with Crippen molar-refractivity contribution in [3.8, 4) is 0 Å². The van der Waals surface area contributed by atoms with Gasteiger partial charge in [-0.05, 0) is 12.1 Å². The minimum Gasteiger partial charge on any atom is -0.481 e. The fourth-order valence-corrected chi connectivity index (χ4v) is 1.79. The van der Waals surface area contributed by atoms with Crippen LogP contribution < -0.4 is 0 Å². The number of carboxylic acids is 1. The van der Waals surface area contributed by atoms with Crippen LogP contribution in [-0.4, -0.2) is 22.6 Å². The molecule has 6 heteroatoms. The van der Waals surface area contributed by atoms with Gasteiger partial charge in [-0.25, -0.2) is 0 Å². The number of carbonyl (C=O) groups excluding carboxylic acids is 2. The third kappa shape index (κ3) is 2.65. The quantitative estimate of drug-likeness (QED) is 0.487. The second kappa shape index (κ2) is 4.34. The van der Waals surface area contributed by atoms with Crippen LogP contribution >= 0.6 is 22.9 Å². The van der Waals surface area contributed by atoms with Crippen molar-refractivity contribution >= 4 is 40.5 Å². The predicted octanol–water partition coefficient (Wildman–Crippen LogP) is 1.63. The Kier molecular flexibility index (Phi) is 3.38. The lowest BCUT2D eigenvalue weighted by Gasteiger charge is -1.92. The standard InChI is InChI=1S/C8H5ClO4S/c9-6-2-1-5(14-6)8(13)4(10)3-7(11)12/h1-2H,3H2,(H,11,12). The molecule has 0 bridgehead atoms. The Morgan fingerprint density at radius 3 is 2.43 bits per heavy atom. The van der Waals surface area contributed by atoms with E-state index in [0.29, 0.717) is 4.34 Å². The molecule has 4 nitrogen and oxygen atoms in total. The molecule has 0 saturated carbocycles. The molecule has 0 unspecified atom stereocenters. The van der Waals surface area contributed by atoms with E-state index in [1.165, 1.54) is 12.1 Å². The smallest absolute Gasteiger partial charge is 0.311 e.